The molecule has 0 unspecified atom stereocenters. The van der Waals surface area contributed by atoms with Gasteiger partial charge in [-0.15, -0.1) is 0 Å². The Morgan fingerprint density at radius 1 is 1.00 bits per heavy atom. The number of morpholine rings is 1. The molecule has 0 spiro atoms. The van der Waals surface area contributed by atoms with Gasteiger partial charge < -0.3 is 15.0 Å². The third-order valence-electron chi connectivity index (χ3n) is 5.28. The fourth-order valence-corrected chi connectivity index (χ4v) is 3.69. The highest BCUT2D eigenvalue weighted by atomic mass is 16.5. The van der Waals surface area contributed by atoms with E-state index in [0.29, 0.717) is 12.0 Å². The minimum absolute atomic E-state index is 0.145. The van der Waals surface area contributed by atoms with Gasteiger partial charge in [-0.2, -0.15) is 0 Å². The number of carbonyl (C=O) groups excluding carboxylic acids is 2. The van der Waals surface area contributed by atoms with Crippen LogP contribution in [-0.2, 0) is 16.1 Å². The molecule has 28 heavy (non-hydrogen) atoms. The van der Waals surface area contributed by atoms with E-state index in [1.54, 1.807) is 17.0 Å². The lowest BCUT2D eigenvalue weighted by atomic mass is 10.1. The van der Waals surface area contributed by atoms with Crippen molar-refractivity contribution in [3.8, 4) is 0 Å². The Kier molecular flexibility index (Phi) is 5.69. The molecule has 6 heteroatoms. The zero-order valence-corrected chi connectivity index (χ0v) is 15.9. The van der Waals surface area contributed by atoms with Crippen molar-refractivity contribution in [2.45, 2.75) is 19.4 Å². The molecule has 146 valence electrons. The van der Waals surface area contributed by atoms with Crippen molar-refractivity contribution >= 4 is 23.2 Å². The van der Waals surface area contributed by atoms with Crippen LogP contribution in [0.4, 0.5) is 11.4 Å². The summed E-state index contributed by atoms with van der Waals surface area (Å²) in [5, 5.41) is 3.04. The second-order valence-electron chi connectivity index (χ2n) is 7.20. The highest BCUT2D eigenvalue weighted by molar-refractivity contribution is 6.05. The number of hydrogen-bond donors (Lipinski definition) is 1. The maximum absolute atomic E-state index is 12.7. The van der Waals surface area contributed by atoms with E-state index in [2.05, 4.69) is 10.2 Å². The Balaban J connectivity index is 1.44. The normalized spacial score (nSPS) is 17.7. The summed E-state index contributed by atoms with van der Waals surface area (Å²) in [7, 11) is 0. The third kappa shape index (κ3) is 4.24. The molecule has 6 nitrogen and oxygen atoms in total. The number of rotatable bonds is 5. The summed E-state index contributed by atoms with van der Waals surface area (Å²) < 4.78 is 5.41. The molecule has 0 aromatic heterocycles. The number of anilines is 2. The lowest BCUT2D eigenvalue weighted by Gasteiger charge is -2.27. The summed E-state index contributed by atoms with van der Waals surface area (Å²) >= 11 is 0. The minimum Gasteiger partial charge on any atom is -0.379 e. The Morgan fingerprint density at radius 3 is 2.46 bits per heavy atom. The molecule has 4 rings (SSSR count). The highest BCUT2D eigenvalue weighted by Gasteiger charge is 2.22. The van der Waals surface area contributed by atoms with Gasteiger partial charge in [-0.25, -0.2) is 0 Å². The van der Waals surface area contributed by atoms with Crippen LogP contribution in [0.2, 0.25) is 0 Å². The molecular weight excluding hydrogens is 354 g/mol. The van der Waals surface area contributed by atoms with E-state index in [1.807, 2.05) is 36.4 Å². The largest absolute Gasteiger partial charge is 0.379 e. The second-order valence-corrected chi connectivity index (χ2v) is 7.20. The summed E-state index contributed by atoms with van der Waals surface area (Å²) in [5.41, 5.74) is 3.36. The number of ether oxygens (including phenoxy) is 1. The monoisotopic (exact) mass is 379 g/mol. The van der Waals surface area contributed by atoms with E-state index in [4.69, 9.17) is 4.74 Å². The highest BCUT2D eigenvalue weighted by Crippen LogP contribution is 2.23. The van der Waals surface area contributed by atoms with Crippen molar-refractivity contribution in [3.63, 3.8) is 0 Å². The van der Waals surface area contributed by atoms with Crippen LogP contribution in [0.3, 0.4) is 0 Å². The second kappa shape index (κ2) is 8.54. The van der Waals surface area contributed by atoms with E-state index >= 15 is 0 Å². The van der Waals surface area contributed by atoms with Crippen LogP contribution < -0.4 is 10.2 Å². The molecule has 2 fully saturated rings. The first-order valence-electron chi connectivity index (χ1n) is 9.80. The summed E-state index contributed by atoms with van der Waals surface area (Å²) in [5.74, 6) is 0.00275. The van der Waals surface area contributed by atoms with Gasteiger partial charge in [-0.3, -0.25) is 14.5 Å². The number of carbonyl (C=O) groups is 2. The van der Waals surface area contributed by atoms with Gasteiger partial charge in [0.1, 0.15) is 0 Å². The van der Waals surface area contributed by atoms with E-state index in [0.717, 1.165) is 62.8 Å². The topological polar surface area (TPSA) is 61.9 Å². The van der Waals surface area contributed by atoms with Crippen molar-refractivity contribution in [1.82, 2.24) is 4.90 Å². The quantitative estimate of drug-likeness (QED) is 0.868. The van der Waals surface area contributed by atoms with Crippen molar-refractivity contribution in [3.05, 3.63) is 59.7 Å². The van der Waals surface area contributed by atoms with Crippen LogP contribution in [0.5, 0.6) is 0 Å². The van der Waals surface area contributed by atoms with Crippen LogP contribution >= 0.6 is 0 Å². The average Bonchev–Trinajstić information content (AvgIpc) is 3.16. The fraction of sp³-hybridized carbons (Fsp3) is 0.364. The summed E-state index contributed by atoms with van der Waals surface area (Å²) in [6.45, 7) is 4.84. The van der Waals surface area contributed by atoms with E-state index < -0.39 is 0 Å². The first kappa shape index (κ1) is 18.7. The van der Waals surface area contributed by atoms with Gasteiger partial charge in [-0.1, -0.05) is 18.2 Å². The number of amides is 2. The Bertz CT molecular complexity index is 844. The van der Waals surface area contributed by atoms with Gasteiger partial charge in [0.25, 0.3) is 5.91 Å². The number of benzene rings is 2. The van der Waals surface area contributed by atoms with Gasteiger partial charge >= 0.3 is 0 Å². The zero-order chi connectivity index (χ0) is 19.3. The van der Waals surface area contributed by atoms with Crippen LogP contribution in [0.15, 0.2) is 48.5 Å². The molecule has 2 aromatic carbocycles. The van der Waals surface area contributed by atoms with Gasteiger partial charge in [0.05, 0.1) is 13.2 Å². The number of para-hydroxylation sites is 1. The zero-order valence-electron chi connectivity index (χ0n) is 15.9. The molecule has 2 heterocycles. The predicted molar refractivity (Wildman–Crippen MR) is 109 cm³/mol. The van der Waals surface area contributed by atoms with Crippen LogP contribution in [0, 0.1) is 0 Å². The van der Waals surface area contributed by atoms with Crippen LogP contribution in [0.1, 0.15) is 28.8 Å². The van der Waals surface area contributed by atoms with Gasteiger partial charge in [-0.05, 0) is 42.3 Å². The summed E-state index contributed by atoms with van der Waals surface area (Å²) in [6, 6.07) is 15.2. The summed E-state index contributed by atoms with van der Waals surface area (Å²) in [6.07, 6.45) is 1.49. The molecule has 0 radical (unpaired) electrons. The van der Waals surface area contributed by atoms with Crippen molar-refractivity contribution < 1.29 is 14.3 Å². The molecule has 0 bridgehead atoms. The van der Waals surface area contributed by atoms with Crippen molar-refractivity contribution in [1.29, 1.82) is 0 Å². The average molecular weight is 379 g/mol. The van der Waals surface area contributed by atoms with Crippen molar-refractivity contribution in [2.75, 3.05) is 43.1 Å². The molecule has 2 aromatic rings. The fourth-order valence-electron chi connectivity index (χ4n) is 3.69. The molecule has 0 atom stereocenters. The van der Waals surface area contributed by atoms with E-state index in [9.17, 15) is 9.59 Å². The maximum atomic E-state index is 12.7. The molecule has 2 aliphatic rings. The summed E-state index contributed by atoms with van der Waals surface area (Å²) in [4.78, 5) is 28.7. The molecule has 0 aliphatic carbocycles. The van der Waals surface area contributed by atoms with Crippen LogP contribution in [-0.4, -0.2) is 49.6 Å². The molecule has 0 saturated carbocycles. The Morgan fingerprint density at radius 2 is 1.75 bits per heavy atom. The maximum Gasteiger partial charge on any atom is 0.255 e. The first-order chi connectivity index (χ1) is 13.7. The lowest BCUT2D eigenvalue weighted by molar-refractivity contribution is -0.117. The number of hydrogen-bond acceptors (Lipinski definition) is 4. The van der Waals surface area contributed by atoms with Crippen molar-refractivity contribution in [2.24, 2.45) is 0 Å². The molecule has 2 aliphatic heterocycles. The third-order valence-corrected chi connectivity index (χ3v) is 5.28. The van der Waals surface area contributed by atoms with E-state index in [-0.39, 0.29) is 11.8 Å². The number of nitrogens with one attached hydrogen (secondary N) is 1. The molecule has 1 N–H and O–H groups in total. The Labute approximate surface area is 165 Å². The lowest BCUT2D eigenvalue weighted by Crippen LogP contribution is -2.35. The van der Waals surface area contributed by atoms with Crippen LogP contribution in [0.25, 0.3) is 0 Å². The standard InChI is InChI=1S/C22H25N3O3/c26-21-6-3-11-25(21)19-9-7-17(8-10-19)22(27)23-20-5-2-1-4-18(20)16-24-12-14-28-15-13-24/h1-2,4-5,7-10H,3,6,11-16H2,(H,23,27). The molecular formula is C22H25N3O3. The smallest absolute Gasteiger partial charge is 0.255 e. The van der Waals surface area contributed by atoms with Gasteiger partial charge in [0, 0.05) is 49.5 Å². The van der Waals surface area contributed by atoms with E-state index in [1.165, 1.54) is 0 Å². The van der Waals surface area contributed by atoms with Gasteiger partial charge in [0.2, 0.25) is 5.91 Å². The molecule has 2 saturated heterocycles. The SMILES string of the molecule is O=C(Nc1ccccc1CN1CCOCC1)c1ccc(N2CCCC2=O)cc1. The van der Waals surface area contributed by atoms with Gasteiger partial charge in [0.15, 0.2) is 0 Å². The number of nitrogens with zero attached hydrogens (tertiary/aromatic N) is 2. The first-order valence-corrected chi connectivity index (χ1v) is 9.80. The Hall–Kier alpha value is -2.70. The molecule has 2 amide bonds. The predicted octanol–water partition coefficient (Wildman–Crippen LogP) is 2.90. The minimum atomic E-state index is -0.145.